The van der Waals surface area contributed by atoms with Gasteiger partial charge in [-0.15, -0.1) is 0 Å². The Hall–Kier alpha value is -2.68. The molecule has 0 saturated carbocycles. The topological polar surface area (TPSA) is 36.9 Å². The molecule has 0 bridgehead atoms. The molecule has 200 valence electrons. The fourth-order valence-electron chi connectivity index (χ4n) is 4.62. The minimum Gasteiger partial charge on any atom is -0.432 e. The van der Waals surface area contributed by atoms with E-state index >= 15 is 4.39 Å². The maximum atomic E-state index is 15.2. The quantitative estimate of drug-likeness (QED) is 0.193. The number of aryl methyl sites for hydroxylation is 3. The molecule has 0 N–H and O–H groups in total. The van der Waals surface area contributed by atoms with Crippen LogP contribution in [0.15, 0.2) is 48.5 Å². The van der Waals surface area contributed by atoms with Gasteiger partial charge in [-0.2, -0.15) is 8.78 Å². The van der Waals surface area contributed by atoms with Crippen LogP contribution >= 0.6 is 0 Å². The van der Waals surface area contributed by atoms with E-state index in [1.165, 1.54) is 12.1 Å². The van der Waals surface area contributed by atoms with Crippen LogP contribution in [-0.4, -0.2) is 39.8 Å². The van der Waals surface area contributed by atoms with Crippen LogP contribution in [0.3, 0.4) is 0 Å². The van der Waals surface area contributed by atoms with Gasteiger partial charge in [0.05, 0.1) is 13.2 Å². The first-order valence-electron chi connectivity index (χ1n) is 12.6. The van der Waals surface area contributed by atoms with Crippen molar-refractivity contribution < 1.29 is 36.5 Å². The van der Waals surface area contributed by atoms with E-state index in [2.05, 4.69) is 4.74 Å². The number of alkyl halides is 2. The zero-order chi connectivity index (χ0) is 26.2. The van der Waals surface area contributed by atoms with Gasteiger partial charge in [0, 0.05) is 31.4 Å². The van der Waals surface area contributed by atoms with Gasteiger partial charge in [0.15, 0.2) is 17.9 Å². The molecule has 1 aliphatic heterocycles. The van der Waals surface area contributed by atoms with Gasteiger partial charge in [-0.3, -0.25) is 0 Å². The summed E-state index contributed by atoms with van der Waals surface area (Å²) in [7, 11) is 1.70. The zero-order valence-electron chi connectivity index (χ0n) is 20.9. The van der Waals surface area contributed by atoms with E-state index < -0.39 is 18.2 Å². The highest BCUT2D eigenvalue weighted by Crippen LogP contribution is 2.26. The Labute approximate surface area is 214 Å². The van der Waals surface area contributed by atoms with Crippen molar-refractivity contribution in [3.63, 3.8) is 0 Å². The number of benzene rings is 3. The maximum Gasteiger partial charge on any atom is 0.387 e. The molecule has 0 radical (unpaired) electrons. The molecule has 1 heterocycles. The maximum absolute atomic E-state index is 15.2. The van der Waals surface area contributed by atoms with Crippen molar-refractivity contribution in [3.8, 4) is 5.75 Å². The predicted octanol–water partition coefficient (Wildman–Crippen LogP) is 6.85. The van der Waals surface area contributed by atoms with Crippen LogP contribution in [0.2, 0.25) is 0 Å². The van der Waals surface area contributed by atoms with E-state index in [-0.39, 0.29) is 12.1 Å². The van der Waals surface area contributed by atoms with Crippen LogP contribution in [0.4, 0.5) is 17.6 Å². The van der Waals surface area contributed by atoms with Gasteiger partial charge in [-0.25, -0.2) is 8.78 Å². The third-order valence-corrected chi connectivity index (χ3v) is 6.66. The second kappa shape index (κ2) is 13.2. The lowest BCUT2D eigenvalue weighted by molar-refractivity contribution is -0.203. The summed E-state index contributed by atoms with van der Waals surface area (Å²) in [6.45, 7) is -0.953. The monoisotopic (exact) mass is 520 g/mol. The van der Waals surface area contributed by atoms with Crippen LogP contribution in [0, 0.1) is 17.6 Å². The lowest BCUT2D eigenvalue weighted by Crippen LogP contribution is -2.32. The molecule has 4 rings (SSSR count). The molecule has 0 unspecified atom stereocenters. The third-order valence-electron chi connectivity index (χ3n) is 6.66. The Bertz CT molecular complexity index is 1160. The van der Waals surface area contributed by atoms with Crippen molar-refractivity contribution in [1.29, 1.82) is 0 Å². The summed E-state index contributed by atoms with van der Waals surface area (Å²) in [4.78, 5) is 0. The van der Waals surface area contributed by atoms with Crippen molar-refractivity contribution in [1.82, 2.24) is 0 Å². The van der Waals surface area contributed by atoms with Crippen molar-refractivity contribution in [3.05, 3.63) is 76.9 Å². The molecule has 4 nitrogen and oxygen atoms in total. The van der Waals surface area contributed by atoms with Crippen LogP contribution in [0.1, 0.15) is 36.0 Å². The first-order chi connectivity index (χ1) is 17.9. The first kappa shape index (κ1) is 27.4. The largest absolute Gasteiger partial charge is 0.432 e. The second-order valence-corrected chi connectivity index (χ2v) is 9.37. The lowest BCUT2D eigenvalue weighted by Gasteiger charge is -2.29. The summed E-state index contributed by atoms with van der Waals surface area (Å²) >= 11 is 0. The third kappa shape index (κ3) is 7.66. The first-order valence-corrected chi connectivity index (χ1v) is 12.6. The van der Waals surface area contributed by atoms with Gasteiger partial charge in [0.1, 0.15) is 5.82 Å². The molecular weight excluding hydrogens is 488 g/mol. The number of halogens is 4. The van der Waals surface area contributed by atoms with Crippen molar-refractivity contribution in [2.45, 2.75) is 51.4 Å². The highest BCUT2D eigenvalue weighted by molar-refractivity contribution is 5.84. The van der Waals surface area contributed by atoms with E-state index in [9.17, 15) is 13.2 Å². The molecule has 1 saturated heterocycles. The lowest BCUT2D eigenvalue weighted by atomic mass is 9.98. The van der Waals surface area contributed by atoms with Crippen molar-refractivity contribution in [2.24, 2.45) is 5.92 Å². The van der Waals surface area contributed by atoms with E-state index in [0.717, 1.165) is 49.3 Å². The van der Waals surface area contributed by atoms with Gasteiger partial charge in [-0.05, 0) is 66.3 Å². The Balaban J connectivity index is 1.31. The van der Waals surface area contributed by atoms with E-state index in [0.29, 0.717) is 48.5 Å². The normalized spacial score (nSPS) is 18.0. The highest BCUT2D eigenvalue weighted by Gasteiger charge is 2.22. The van der Waals surface area contributed by atoms with Gasteiger partial charge < -0.3 is 18.9 Å². The summed E-state index contributed by atoms with van der Waals surface area (Å²) in [5.41, 5.74) is 2.16. The number of ether oxygens (including phenoxy) is 4. The predicted molar refractivity (Wildman–Crippen MR) is 133 cm³/mol. The molecule has 1 aliphatic rings. The second-order valence-electron chi connectivity index (χ2n) is 9.37. The molecular formula is C29H32F4O4. The zero-order valence-corrected chi connectivity index (χ0v) is 20.9. The van der Waals surface area contributed by atoms with Gasteiger partial charge in [0.2, 0.25) is 0 Å². The Morgan fingerprint density at radius 2 is 1.65 bits per heavy atom. The Morgan fingerprint density at radius 1 is 0.892 bits per heavy atom. The summed E-state index contributed by atoms with van der Waals surface area (Å²) in [5, 5.41) is 1.33. The molecule has 0 aromatic heterocycles. The molecule has 0 atom stereocenters. The SMILES string of the molecule is COCCCC1COC(CCc2ccc3c(F)c(CCc4ccc(OC(F)F)c(F)c4)ccc3c2)OC1. The van der Waals surface area contributed by atoms with E-state index in [1.807, 2.05) is 18.2 Å². The average molecular weight is 521 g/mol. The fraction of sp³-hybridized carbons (Fsp3) is 0.448. The molecule has 3 aromatic carbocycles. The smallest absolute Gasteiger partial charge is 0.387 e. The number of fused-ring (bicyclic) bond motifs is 1. The molecule has 3 aromatic rings. The highest BCUT2D eigenvalue weighted by atomic mass is 19.3. The van der Waals surface area contributed by atoms with Crippen LogP contribution < -0.4 is 4.74 Å². The number of hydrogen-bond acceptors (Lipinski definition) is 4. The molecule has 0 amide bonds. The van der Waals surface area contributed by atoms with Gasteiger partial charge >= 0.3 is 6.61 Å². The average Bonchev–Trinajstić information content (AvgIpc) is 2.89. The summed E-state index contributed by atoms with van der Waals surface area (Å²) in [6.07, 6.45) is 4.00. The molecule has 8 heteroatoms. The standard InChI is InChI=1S/C29H32F4O4/c1-34-14-2-3-21-17-35-27(36-18-21)13-7-19-5-11-24-23(15-19)10-9-22(28(24)31)8-4-20-6-12-26(25(30)16-20)37-29(32)33/h5-6,9-12,15-16,21,27,29H,2-4,7-8,13-14,17-18H2,1H3. The van der Waals surface area contributed by atoms with Gasteiger partial charge in [-0.1, -0.05) is 36.4 Å². The minimum atomic E-state index is -3.09. The van der Waals surface area contributed by atoms with Crippen LogP contribution in [-0.2, 0) is 33.5 Å². The van der Waals surface area contributed by atoms with E-state index in [1.54, 1.807) is 19.2 Å². The molecule has 37 heavy (non-hydrogen) atoms. The molecule has 1 fully saturated rings. The Morgan fingerprint density at radius 3 is 2.38 bits per heavy atom. The summed E-state index contributed by atoms with van der Waals surface area (Å²) < 4.78 is 74.7. The number of methoxy groups -OCH3 is 1. The van der Waals surface area contributed by atoms with Gasteiger partial charge in [0.25, 0.3) is 0 Å². The fourth-order valence-corrected chi connectivity index (χ4v) is 4.62. The van der Waals surface area contributed by atoms with Crippen LogP contribution in [0.25, 0.3) is 10.8 Å². The number of hydrogen-bond donors (Lipinski definition) is 0. The molecule has 0 aliphatic carbocycles. The van der Waals surface area contributed by atoms with Crippen molar-refractivity contribution >= 4 is 10.8 Å². The Kier molecular flexibility index (Phi) is 9.77. The van der Waals surface area contributed by atoms with Crippen LogP contribution in [0.5, 0.6) is 5.75 Å². The molecule has 0 spiro atoms. The minimum absolute atomic E-state index is 0.227. The van der Waals surface area contributed by atoms with E-state index in [4.69, 9.17) is 14.2 Å². The summed E-state index contributed by atoms with van der Waals surface area (Å²) in [6, 6.07) is 13.1. The summed E-state index contributed by atoms with van der Waals surface area (Å²) in [5.74, 6) is -1.27. The number of rotatable bonds is 12. The van der Waals surface area contributed by atoms with Crippen molar-refractivity contribution in [2.75, 3.05) is 26.9 Å².